The molecule has 0 saturated carbocycles. The van der Waals surface area contributed by atoms with Gasteiger partial charge in [0.1, 0.15) is 5.82 Å². The van der Waals surface area contributed by atoms with Crippen LogP contribution in [0.1, 0.15) is 39.5 Å². The second-order valence-corrected chi connectivity index (χ2v) is 11.3. The van der Waals surface area contributed by atoms with Crippen LogP contribution in [0.2, 0.25) is 0 Å². The summed E-state index contributed by atoms with van der Waals surface area (Å²) < 4.78 is 2.61. The summed E-state index contributed by atoms with van der Waals surface area (Å²) in [5.41, 5.74) is 3.77. The highest BCUT2D eigenvalue weighted by Crippen LogP contribution is 2.41. The van der Waals surface area contributed by atoms with Crippen molar-refractivity contribution >= 4 is 32.2 Å². The molecule has 37 heavy (non-hydrogen) atoms. The number of aromatic hydroxyl groups is 1. The lowest BCUT2D eigenvalue weighted by molar-refractivity contribution is 0.0899. The molecule has 0 radical (unpaired) electrons. The highest BCUT2D eigenvalue weighted by Gasteiger charge is 2.33. The van der Waals surface area contributed by atoms with Gasteiger partial charge < -0.3 is 5.11 Å². The van der Waals surface area contributed by atoms with Crippen molar-refractivity contribution < 1.29 is 5.11 Å². The van der Waals surface area contributed by atoms with E-state index in [-0.39, 0.29) is 18.0 Å². The Labute approximate surface area is 228 Å². The molecular formula is C29H28BrN5OS. The maximum Gasteiger partial charge on any atom is 0.230 e. The second kappa shape index (κ2) is 10.4. The Morgan fingerprint density at radius 2 is 1.27 bits per heavy atom. The van der Waals surface area contributed by atoms with Gasteiger partial charge in [-0.05, 0) is 35.7 Å². The fourth-order valence-corrected chi connectivity index (χ4v) is 6.76. The van der Waals surface area contributed by atoms with E-state index in [1.54, 1.807) is 4.52 Å². The number of fused-ring (bicyclic) bond motifs is 1. The molecule has 0 bridgehead atoms. The van der Waals surface area contributed by atoms with Crippen molar-refractivity contribution in [1.29, 1.82) is 0 Å². The minimum Gasteiger partial charge on any atom is -0.492 e. The molecule has 188 valence electrons. The number of halogens is 1. The third kappa shape index (κ3) is 4.82. The third-order valence-corrected chi connectivity index (χ3v) is 8.65. The fraction of sp³-hybridized carbons (Fsp3) is 0.241. The standard InChI is InChI=1S/C29H28BrN5OS/c1-20-31-29-35(32-20)28(36)27(37-29)26(23-12-14-24(30)15-13-23)34-18-16-33(17-19-34)25(21-8-4-2-5-9-21)22-10-6-3-7-11-22/h2-15,25-26,36H,16-19H2,1H3/t26-/m1/s1. The highest BCUT2D eigenvalue weighted by atomic mass is 79.9. The first-order valence-electron chi connectivity index (χ1n) is 12.5. The summed E-state index contributed by atoms with van der Waals surface area (Å²) >= 11 is 5.09. The lowest BCUT2D eigenvalue weighted by atomic mass is 9.96. The summed E-state index contributed by atoms with van der Waals surface area (Å²) in [7, 11) is 0. The lowest BCUT2D eigenvalue weighted by Crippen LogP contribution is -2.49. The van der Waals surface area contributed by atoms with Gasteiger partial charge in [-0.3, -0.25) is 9.80 Å². The van der Waals surface area contributed by atoms with Crippen LogP contribution in [0.15, 0.2) is 89.4 Å². The number of rotatable bonds is 6. The molecule has 1 aliphatic rings. The molecule has 2 aromatic heterocycles. The molecule has 0 unspecified atom stereocenters. The zero-order valence-electron chi connectivity index (χ0n) is 20.5. The highest BCUT2D eigenvalue weighted by molar-refractivity contribution is 9.10. The van der Waals surface area contributed by atoms with Crippen LogP contribution in [0.5, 0.6) is 5.88 Å². The van der Waals surface area contributed by atoms with Gasteiger partial charge in [0.25, 0.3) is 0 Å². The van der Waals surface area contributed by atoms with Gasteiger partial charge in [-0.15, -0.1) is 5.10 Å². The van der Waals surface area contributed by atoms with Crippen LogP contribution < -0.4 is 0 Å². The Morgan fingerprint density at radius 3 is 1.81 bits per heavy atom. The maximum absolute atomic E-state index is 11.2. The smallest absolute Gasteiger partial charge is 0.230 e. The van der Waals surface area contributed by atoms with Crippen LogP contribution in [0.4, 0.5) is 0 Å². The first-order valence-corrected chi connectivity index (χ1v) is 14.1. The quantitative estimate of drug-likeness (QED) is 0.267. The summed E-state index contributed by atoms with van der Waals surface area (Å²) in [4.78, 5) is 11.2. The number of benzene rings is 3. The average Bonchev–Trinajstić information content (AvgIpc) is 3.44. The van der Waals surface area contributed by atoms with Crippen molar-refractivity contribution in [3.63, 3.8) is 0 Å². The van der Waals surface area contributed by atoms with Crippen LogP contribution >= 0.6 is 27.3 Å². The Hall–Kier alpha value is -3.04. The summed E-state index contributed by atoms with van der Waals surface area (Å²) in [6.45, 7) is 5.44. The largest absolute Gasteiger partial charge is 0.492 e. The summed E-state index contributed by atoms with van der Waals surface area (Å²) in [5.74, 6) is 0.845. The number of hydrogen-bond donors (Lipinski definition) is 1. The van der Waals surface area contributed by atoms with Gasteiger partial charge in [-0.25, -0.2) is 4.98 Å². The van der Waals surface area contributed by atoms with Crippen LogP contribution in [-0.2, 0) is 0 Å². The van der Waals surface area contributed by atoms with E-state index in [9.17, 15) is 5.11 Å². The molecule has 8 heteroatoms. The molecule has 0 amide bonds. The first-order chi connectivity index (χ1) is 18.1. The third-order valence-electron chi connectivity index (χ3n) is 7.05. The molecule has 3 aromatic carbocycles. The van der Waals surface area contributed by atoms with Crippen LogP contribution in [0.25, 0.3) is 4.96 Å². The van der Waals surface area contributed by atoms with E-state index in [4.69, 9.17) is 0 Å². The van der Waals surface area contributed by atoms with E-state index >= 15 is 0 Å². The minimum absolute atomic E-state index is 0.0732. The Balaban J connectivity index is 1.32. The van der Waals surface area contributed by atoms with Crippen LogP contribution in [0.3, 0.4) is 0 Å². The van der Waals surface area contributed by atoms with Gasteiger partial charge in [0.05, 0.1) is 17.0 Å². The Bertz CT molecular complexity index is 1440. The number of thiazole rings is 1. The number of hydrogen-bond acceptors (Lipinski definition) is 6. The molecular weight excluding hydrogens is 546 g/mol. The van der Waals surface area contributed by atoms with Crippen LogP contribution in [0, 0.1) is 6.92 Å². The van der Waals surface area contributed by atoms with Gasteiger partial charge in [0.15, 0.2) is 0 Å². The van der Waals surface area contributed by atoms with Crippen molar-refractivity contribution in [2.24, 2.45) is 0 Å². The number of aryl methyl sites for hydroxylation is 1. The van der Waals surface area contributed by atoms with Crippen molar-refractivity contribution in [3.05, 3.63) is 117 Å². The van der Waals surface area contributed by atoms with Gasteiger partial charge in [0.2, 0.25) is 10.8 Å². The van der Waals surface area contributed by atoms with Crippen molar-refractivity contribution in [2.45, 2.75) is 19.0 Å². The van der Waals surface area contributed by atoms with E-state index < -0.39 is 0 Å². The molecule has 1 aliphatic heterocycles. The SMILES string of the molecule is Cc1nc2sc([C@@H](c3ccc(Br)cc3)N3CCN(C(c4ccccc4)c4ccccc4)CC3)c(O)n2n1. The zero-order valence-corrected chi connectivity index (χ0v) is 22.9. The number of aromatic nitrogens is 3. The van der Waals surface area contributed by atoms with Gasteiger partial charge >= 0.3 is 0 Å². The zero-order chi connectivity index (χ0) is 25.4. The molecule has 1 saturated heterocycles. The molecule has 1 fully saturated rings. The first kappa shape index (κ1) is 24.3. The topological polar surface area (TPSA) is 56.9 Å². The second-order valence-electron chi connectivity index (χ2n) is 9.39. The molecule has 6 nitrogen and oxygen atoms in total. The normalized spacial score (nSPS) is 16.0. The minimum atomic E-state index is -0.0732. The predicted octanol–water partition coefficient (Wildman–Crippen LogP) is 6.06. The Morgan fingerprint density at radius 1 is 0.757 bits per heavy atom. The number of nitrogens with zero attached hydrogens (tertiary/aromatic N) is 5. The summed E-state index contributed by atoms with van der Waals surface area (Å²) in [6, 6.07) is 30.1. The van der Waals surface area contributed by atoms with E-state index in [1.165, 1.54) is 22.5 Å². The van der Waals surface area contributed by atoms with Gasteiger partial charge in [-0.2, -0.15) is 4.52 Å². The number of piperazine rings is 1. The molecule has 1 N–H and O–H groups in total. The van der Waals surface area contributed by atoms with Gasteiger partial charge in [0, 0.05) is 30.7 Å². The summed E-state index contributed by atoms with van der Waals surface area (Å²) in [5, 5.41) is 15.6. The van der Waals surface area contributed by atoms with E-state index in [2.05, 4.69) is 121 Å². The van der Waals surface area contributed by atoms with E-state index in [1.807, 2.05) is 6.92 Å². The van der Waals surface area contributed by atoms with E-state index in [0.29, 0.717) is 5.82 Å². The molecule has 3 heterocycles. The van der Waals surface area contributed by atoms with Gasteiger partial charge in [-0.1, -0.05) is 100 Å². The molecule has 1 atom stereocenters. The van der Waals surface area contributed by atoms with Crippen LogP contribution in [-0.4, -0.2) is 55.7 Å². The molecule has 6 rings (SSSR count). The Kier molecular flexibility index (Phi) is 6.82. The van der Waals surface area contributed by atoms with Crippen molar-refractivity contribution in [1.82, 2.24) is 24.4 Å². The molecule has 0 spiro atoms. The van der Waals surface area contributed by atoms with Crippen molar-refractivity contribution in [3.8, 4) is 5.88 Å². The average molecular weight is 575 g/mol. The maximum atomic E-state index is 11.2. The fourth-order valence-electron chi connectivity index (χ4n) is 5.34. The predicted molar refractivity (Wildman–Crippen MR) is 151 cm³/mol. The summed E-state index contributed by atoms with van der Waals surface area (Å²) in [6.07, 6.45) is 0. The van der Waals surface area contributed by atoms with Crippen molar-refractivity contribution in [2.75, 3.05) is 26.2 Å². The molecule has 5 aromatic rings. The lowest BCUT2D eigenvalue weighted by Gasteiger charge is -2.42. The van der Waals surface area contributed by atoms with E-state index in [0.717, 1.165) is 46.1 Å². The monoisotopic (exact) mass is 573 g/mol. The molecule has 0 aliphatic carbocycles.